The fraction of sp³-hybridized carbons (Fsp3) is 0.929. The van der Waals surface area contributed by atoms with Gasteiger partial charge in [-0.15, -0.1) is 0 Å². The minimum absolute atomic E-state index is 0. The summed E-state index contributed by atoms with van der Waals surface area (Å²) in [5.74, 6) is -1.07. The van der Waals surface area contributed by atoms with Crippen molar-refractivity contribution >= 4 is 25.9 Å². The second-order valence-corrected chi connectivity index (χ2v) is 8.35. The molecule has 0 amide bonds. The van der Waals surface area contributed by atoms with E-state index in [1.165, 1.54) is 44.9 Å². The van der Waals surface area contributed by atoms with Crippen LogP contribution in [0.1, 0.15) is 71.1 Å². The molecule has 0 unspecified atom stereocenters. The average Bonchev–Trinajstić information content (AvgIpc) is 2.42. The molecule has 0 heterocycles. The molecule has 0 rings (SSSR count). The Morgan fingerprint density at radius 3 is 1.86 bits per heavy atom. The molecular formula is C14H27NaO5S2. The third-order valence-electron chi connectivity index (χ3n) is 3.08. The first-order valence-electron chi connectivity index (χ1n) is 7.71. The molecule has 8 heteroatoms. The Balaban J connectivity index is 0. The van der Waals surface area contributed by atoms with Crippen LogP contribution in [0, 0.1) is 0 Å². The van der Waals surface area contributed by atoms with E-state index in [1.807, 2.05) is 0 Å². The van der Waals surface area contributed by atoms with E-state index in [0.717, 1.165) is 19.3 Å². The molecule has 0 N–H and O–H groups in total. The van der Waals surface area contributed by atoms with Gasteiger partial charge in [0.15, 0.2) is 0 Å². The van der Waals surface area contributed by atoms with E-state index in [1.54, 1.807) is 0 Å². The zero-order valence-corrected chi connectivity index (χ0v) is 17.5. The molecule has 0 aromatic carbocycles. The van der Waals surface area contributed by atoms with E-state index in [4.69, 9.17) is 4.74 Å². The molecule has 0 saturated carbocycles. The van der Waals surface area contributed by atoms with Crippen LogP contribution in [0.3, 0.4) is 0 Å². The number of rotatable bonds is 14. The van der Waals surface area contributed by atoms with Crippen molar-refractivity contribution in [1.82, 2.24) is 0 Å². The third-order valence-corrected chi connectivity index (χ3v) is 4.94. The van der Waals surface area contributed by atoms with Gasteiger partial charge in [-0.1, -0.05) is 64.7 Å². The number of hydrogen-bond acceptors (Lipinski definition) is 6. The molecule has 0 aliphatic heterocycles. The molecule has 0 aliphatic rings. The van der Waals surface area contributed by atoms with Crippen LogP contribution in [-0.2, 0) is 18.7 Å². The van der Waals surface area contributed by atoms with Gasteiger partial charge in [-0.3, -0.25) is 4.79 Å². The number of unbranched alkanes of at least 4 members (excludes halogenated alkanes) is 9. The van der Waals surface area contributed by atoms with Crippen LogP contribution >= 0.6 is 10.8 Å². The Bertz CT molecular complexity index is 360. The van der Waals surface area contributed by atoms with E-state index in [9.17, 15) is 17.8 Å². The van der Waals surface area contributed by atoms with E-state index < -0.39 is 20.9 Å². The number of hydrogen-bond donors (Lipinski definition) is 0. The summed E-state index contributed by atoms with van der Waals surface area (Å²) in [6.07, 6.45) is 12.0. The van der Waals surface area contributed by atoms with Gasteiger partial charge in [-0.25, -0.2) is 8.42 Å². The first-order chi connectivity index (χ1) is 9.95. The van der Waals surface area contributed by atoms with E-state index in [2.05, 4.69) is 6.92 Å². The summed E-state index contributed by atoms with van der Waals surface area (Å²) in [4.78, 5) is 11.1. The third kappa shape index (κ3) is 20.7. The largest absolute Gasteiger partial charge is 1.00 e. The van der Waals surface area contributed by atoms with Gasteiger partial charge in [0.05, 0.1) is 6.61 Å². The van der Waals surface area contributed by atoms with Crippen molar-refractivity contribution in [2.24, 2.45) is 0 Å². The zero-order chi connectivity index (χ0) is 16.0. The molecule has 0 bridgehead atoms. The molecule has 0 spiro atoms. The maximum absolute atomic E-state index is 11.1. The molecule has 0 aliphatic carbocycles. The number of carbonyl (C=O) groups is 1. The van der Waals surface area contributed by atoms with Crippen LogP contribution in [-0.4, -0.2) is 31.3 Å². The van der Waals surface area contributed by atoms with E-state index in [-0.39, 0.29) is 40.4 Å². The second-order valence-electron chi connectivity index (χ2n) is 5.07. The molecule has 126 valence electrons. The van der Waals surface area contributed by atoms with Crippen molar-refractivity contribution in [1.29, 1.82) is 0 Å². The number of carbonyl (C=O) groups excluding carboxylic acids is 1. The van der Waals surface area contributed by atoms with Gasteiger partial charge in [0, 0.05) is 0 Å². The van der Waals surface area contributed by atoms with Crippen LogP contribution in [0.25, 0.3) is 0 Å². The minimum atomic E-state index is -4.41. The molecule has 0 radical (unpaired) electrons. The van der Waals surface area contributed by atoms with Crippen molar-refractivity contribution in [3.8, 4) is 0 Å². The average molecular weight is 362 g/mol. The van der Waals surface area contributed by atoms with Gasteiger partial charge < -0.3 is 9.29 Å². The smallest absolute Gasteiger partial charge is 0.739 e. The van der Waals surface area contributed by atoms with Gasteiger partial charge in [0.2, 0.25) is 0 Å². The quantitative estimate of drug-likeness (QED) is 0.148. The summed E-state index contributed by atoms with van der Waals surface area (Å²) >= 11 is 0. The first kappa shape index (κ1) is 25.0. The van der Waals surface area contributed by atoms with Gasteiger partial charge in [-0.05, 0) is 17.2 Å². The summed E-state index contributed by atoms with van der Waals surface area (Å²) in [6.45, 7) is 2.51. The van der Waals surface area contributed by atoms with E-state index >= 15 is 0 Å². The Hall–Kier alpha value is 0.730. The molecular weight excluding hydrogens is 335 g/mol. The van der Waals surface area contributed by atoms with Gasteiger partial charge in [0.25, 0.3) is 0 Å². The standard InChI is InChI=1S/C14H28O5S2.Na/c1-2-3-4-5-6-7-8-9-10-11-12-19-14(15)13-20-21(16,17)18;/h2-13H2,1H3,(H,16,17,18);/q;+1/p-1. The van der Waals surface area contributed by atoms with Crippen molar-refractivity contribution in [3.63, 3.8) is 0 Å². The van der Waals surface area contributed by atoms with Crippen LogP contribution < -0.4 is 29.6 Å². The maximum Gasteiger partial charge on any atom is 1.00 e. The normalized spacial score (nSPS) is 11.0. The fourth-order valence-corrected chi connectivity index (χ4v) is 2.98. The van der Waals surface area contributed by atoms with Crippen LogP contribution in [0.4, 0.5) is 0 Å². The summed E-state index contributed by atoms with van der Waals surface area (Å²) in [5, 5.41) is 0. The van der Waals surface area contributed by atoms with E-state index in [0.29, 0.717) is 6.61 Å². The van der Waals surface area contributed by atoms with Gasteiger partial charge in [-0.2, -0.15) is 0 Å². The molecule has 0 aromatic rings. The number of esters is 1. The number of ether oxygens (including phenoxy) is 1. The first-order valence-corrected chi connectivity index (χ1v) is 10.6. The SMILES string of the molecule is CCCCCCCCCCCCOC(=O)CSS(=O)(=O)[O-].[Na+]. The van der Waals surface area contributed by atoms with Crippen LogP contribution in [0.2, 0.25) is 0 Å². The maximum atomic E-state index is 11.1. The molecule has 0 atom stereocenters. The van der Waals surface area contributed by atoms with Gasteiger partial charge >= 0.3 is 35.5 Å². The Morgan fingerprint density at radius 1 is 0.955 bits per heavy atom. The molecule has 22 heavy (non-hydrogen) atoms. The summed E-state index contributed by atoms with van der Waals surface area (Å²) in [5.41, 5.74) is 0. The van der Waals surface area contributed by atoms with Crippen molar-refractivity contribution in [2.75, 3.05) is 12.4 Å². The molecule has 0 aromatic heterocycles. The zero-order valence-electron chi connectivity index (χ0n) is 13.8. The Morgan fingerprint density at radius 2 is 1.41 bits per heavy atom. The Kier molecular flexibility index (Phi) is 18.8. The fourth-order valence-electron chi connectivity index (χ4n) is 1.94. The molecule has 0 fully saturated rings. The second kappa shape index (κ2) is 16.6. The minimum Gasteiger partial charge on any atom is -0.739 e. The van der Waals surface area contributed by atoms with Crippen molar-refractivity contribution in [3.05, 3.63) is 0 Å². The summed E-state index contributed by atoms with van der Waals surface area (Å²) < 4.78 is 35.7. The van der Waals surface area contributed by atoms with Crippen LogP contribution in [0.5, 0.6) is 0 Å². The van der Waals surface area contributed by atoms with Crippen molar-refractivity contribution in [2.45, 2.75) is 71.1 Å². The topological polar surface area (TPSA) is 83.5 Å². The monoisotopic (exact) mass is 362 g/mol. The predicted octanol–water partition coefficient (Wildman–Crippen LogP) is 0.648. The summed E-state index contributed by atoms with van der Waals surface area (Å²) in [7, 11) is -4.34. The molecule has 0 saturated heterocycles. The van der Waals surface area contributed by atoms with Crippen molar-refractivity contribution < 1.29 is 52.1 Å². The van der Waals surface area contributed by atoms with Gasteiger partial charge in [0.1, 0.15) is 14.9 Å². The van der Waals surface area contributed by atoms with Crippen LogP contribution in [0.15, 0.2) is 0 Å². The Labute approximate surface area is 160 Å². The summed E-state index contributed by atoms with van der Waals surface area (Å²) in [6, 6.07) is 0. The predicted molar refractivity (Wildman–Crippen MR) is 85.0 cm³/mol. The molecule has 5 nitrogen and oxygen atoms in total.